The largest absolute Gasteiger partial charge is 0.494 e. The summed E-state index contributed by atoms with van der Waals surface area (Å²) >= 11 is 0. The van der Waals surface area contributed by atoms with Gasteiger partial charge in [0, 0.05) is 5.56 Å². The summed E-state index contributed by atoms with van der Waals surface area (Å²) in [6.45, 7) is 2.05. The summed E-state index contributed by atoms with van der Waals surface area (Å²) in [6, 6.07) is 11.7. The molecule has 0 saturated heterocycles. The first-order valence-electron chi connectivity index (χ1n) is 6.90. The molecule has 1 amide bonds. The van der Waals surface area contributed by atoms with Crippen LogP contribution in [0.1, 0.15) is 28.4 Å². The number of amides is 1. The van der Waals surface area contributed by atoms with Gasteiger partial charge < -0.3 is 4.74 Å². The summed E-state index contributed by atoms with van der Waals surface area (Å²) in [4.78, 5) is 11.9. The number of methoxy groups -OCH3 is 1. The highest BCUT2D eigenvalue weighted by molar-refractivity contribution is 5.94. The Balaban J connectivity index is 1.99. The Kier molecular flexibility index (Phi) is 5.25. The molecule has 2 aromatic rings. The van der Waals surface area contributed by atoms with Gasteiger partial charge in [-0.3, -0.25) is 4.79 Å². The first-order valence-corrected chi connectivity index (χ1v) is 6.90. The fraction of sp³-hybridized carbons (Fsp3) is 0.176. The van der Waals surface area contributed by atoms with Crippen molar-refractivity contribution in [1.29, 1.82) is 0 Å². The van der Waals surface area contributed by atoms with Crippen molar-refractivity contribution < 1.29 is 13.9 Å². The molecule has 114 valence electrons. The van der Waals surface area contributed by atoms with E-state index in [2.05, 4.69) is 10.5 Å². The molecule has 4 nitrogen and oxygen atoms in total. The summed E-state index contributed by atoms with van der Waals surface area (Å²) in [5.74, 6) is -0.627. The van der Waals surface area contributed by atoms with Crippen LogP contribution in [0.2, 0.25) is 0 Å². The van der Waals surface area contributed by atoms with Crippen molar-refractivity contribution in [3.8, 4) is 5.75 Å². The third kappa shape index (κ3) is 3.91. The van der Waals surface area contributed by atoms with Crippen LogP contribution in [0.25, 0.3) is 0 Å². The van der Waals surface area contributed by atoms with Crippen LogP contribution in [0, 0.1) is 5.82 Å². The summed E-state index contributed by atoms with van der Waals surface area (Å²) in [7, 11) is 1.40. The molecule has 5 heteroatoms. The number of nitrogens with zero attached hydrogens (tertiary/aromatic N) is 1. The van der Waals surface area contributed by atoms with Gasteiger partial charge in [-0.25, -0.2) is 9.82 Å². The van der Waals surface area contributed by atoms with Crippen molar-refractivity contribution in [2.45, 2.75) is 13.3 Å². The van der Waals surface area contributed by atoms with E-state index in [0.717, 1.165) is 12.0 Å². The van der Waals surface area contributed by atoms with Crippen molar-refractivity contribution in [2.24, 2.45) is 5.10 Å². The molecule has 0 unspecified atom stereocenters. The summed E-state index contributed by atoms with van der Waals surface area (Å²) in [5, 5.41) is 3.83. The minimum Gasteiger partial charge on any atom is -0.494 e. The number of rotatable bonds is 5. The molecule has 0 saturated carbocycles. The monoisotopic (exact) mass is 300 g/mol. The molecule has 0 radical (unpaired) electrons. The number of hydrazone groups is 1. The van der Waals surface area contributed by atoms with Gasteiger partial charge in [-0.1, -0.05) is 19.1 Å². The van der Waals surface area contributed by atoms with Crippen molar-refractivity contribution in [3.05, 3.63) is 65.0 Å². The highest BCUT2D eigenvalue weighted by Gasteiger charge is 2.04. The molecule has 2 rings (SSSR count). The maximum absolute atomic E-state index is 13.5. The van der Waals surface area contributed by atoms with Gasteiger partial charge in [0.1, 0.15) is 0 Å². The second-order valence-corrected chi connectivity index (χ2v) is 4.64. The molecule has 0 fully saturated rings. The number of aryl methyl sites for hydroxylation is 1. The number of nitrogens with one attached hydrogen (secondary N) is 1. The first-order chi connectivity index (χ1) is 10.6. The zero-order chi connectivity index (χ0) is 15.9. The van der Waals surface area contributed by atoms with E-state index < -0.39 is 5.82 Å². The van der Waals surface area contributed by atoms with Crippen molar-refractivity contribution in [2.75, 3.05) is 7.11 Å². The van der Waals surface area contributed by atoms with Crippen LogP contribution in [0.5, 0.6) is 5.75 Å². The lowest BCUT2D eigenvalue weighted by molar-refractivity contribution is 0.0955. The van der Waals surface area contributed by atoms with E-state index in [0.29, 0.717) is 11.1 Å². The predicted molar refractivity (Wildman–Crippen MR) is 83.8 cm³/mol. The van der Waals surface area contributed by atoms with Crippen LogP contribution in [-0.2, 0) is 6.42 Å². The minimum atomic E-state index is -0.479. The zero-order valence-corrected chi connectivity index (χ0v) is 12.5. The van der Waals surface area contributed by atoms with Crippen molar-refractivity contribution in [1.82, 2.24) is 5.43 Å². The summed E-state index contributed by atoms with van der Waals surface area (Å²) in [6.07, 6.45) is 2.30. The molecular weight excluding hydrogens is 283 g/mol. The molecule has 0 aromatic heterocycles. The van der Waals surface area contributed by atoms with Gasteiger partial charge in [0.15, 0.2) is 11.6 Å². The third-order valence-electron chi connectivity index (χ3n) is 3.18. The van der Waals surface area contributed by atoms with E-state index in [1.54, 1.807) is 18.2 Å². The molecule has 0 bridgehead atoms. The number of carbonyl (C=O) groups is 1. The highest BCUT2D eigenvalue weighted by atomic mass is 19.1. The second kappa shape index (κ2) is 7.36. The van der Waals surface area contributed by atoms with Crippen LogP contribution >= 0.6 is 0 Å². The van der Waals surface area contributed by atoms with Crippen LogP contribution in [0.15, 0.2) is 47.6 Å². The normalized spacial score (nSPS) is 10.7. The highest BCUT2D eigenvalue weighted by Crippen LogP contribution is 2.16. The van der Waals surface area contributed by atoms with Crippen molar-refractivity contribution >= 4 is 12.1 Å². The van der Waals surface area contributed by atoms with E-state index in [1.807, 2.05) is 19.1 Å². The lowest BCUT2D eigenvalue weighted by Crippen LogP contribution is -2.17. The Morgan fingerprint density at radius 2 is 2.00 bits per heavy atom. The van der Waals surface area contributed by atoms with Gasteiger partial charge in [-0.05, 0) is 47.9 Å². The number of hydrogen-bond acceptors (Lipinski definition) is 3. The average molecular weight is 300 g/mol. The van der Waals surface area contributed by atoms with Gasteiger partial charge in [0.05, 0.1) is 13.3 Å². The van der Waals surface area contributed by atoms with E-state index in [9.17, 15) is 9.18 Å². The number of halogens is 1. The number of hydrogen-bond donors (Lipinski definition) is 1. The molecular formula is C17H17FN2O2. The van der Waals surface area contributed by atoms with Gasteiger partial charge >= 0.3 is 0 Å². The van der Waals surface area contributed by atoms with Crippen LogP contribution in [-0.4, -0.2) is 19.2 Å². The Morgan fingerprint density at radius 3 is 2.59 bits per heavy atom. The Labute approximate surface area is 128 Å². The lowest BCUT2D eigenvalue weighted by Gasteiger charge is -2.03. The third-order valence-corrected chi connectivity index (χ3v) is 3.18. The number of carbonyl (C=O) groups excluding carboxylic acids is 1. The SMILES string of the molecule is CCc1ccc(C(=O)N/N=C\c2ccc(OC)c(F)c2)cc1. The maximum atomic E-state index is 13.5. The van der Waals surface area contributed by atoms with Gasteiger partial charge in [0.25, 0.3) is 5.91 Å². The maximum Gasteiger partial charge on any atom is 0.271 e. The zero-order valence-electron chi connectivity index (χ0n) is 12.5. The van der Waals surface area contributed by atoms with Gasteiger partial charge in [-0.2, -0.15) is 5.10 Å². The van der Waals surface area contributed by atoms with Gasteiger partial charge in [-0.15, -0.1) is 0 Å². The quantitative estimate of drug-likeness (QED) is 0.681. The van der Waals surface area contributed by atoms with Crippen LogP contribution in [0.3, 0.4) is 0 Å². The van der Waals surface area contributed by atoms with E-state index in [4.69, 9.17) is 4.74 Å². The molecule has 0 aliphatic rings. The number of benzene rings is 2. The van der Waals surface area contributed by atoms with Crippen LogP contribution < -0.4 is 10.2 Å². The molecule has 2 aromatic carbocycles. The predicted octanol–water partition coefficient (Wildman–Crippen LogP) is 3.16. The Morgan fingerprint density at radius 1 is 1.27 bits per heavy atom. The molecule has 0 atom stereocenters. The fourth-order valence-electron chi connectivity index (χ4n) is 1.88. The smallest absolute Gasteiger partial charge is 0.271 e. The number of ether oxygens (including phenoxy) is 1. The summed E-state index contributed by atoms with van der Waals surface area (Å²) < 4.78 is 18.3. The Hall–Kier alpha value is -2.69. The molecule has 1 N–H and O–H groups in total. The van der Waals surface area contributed by atoms with Gasteiger partial charge in [0.2, 0.25) is 0 Å². The molecule has 0 heterocycles. The lowest BCUT2D eigenvalue weighted by atomic mass is 10.1. The Bertz CT molecular complexity index is 682. The second-order valence-electron chi connectivity index (χ2n) is 4.64. The van der Waals surface area contributed by atoms with Crippen molar-refractivity contribution in [3.63, 3.8) is 0 Å². The molecule has 0 aliphatic heterocycles. The average Bonchev–Trinajstić information content (AvgIpc) is 2.55. The topological polar surface area (TPSA) is 50.7 Å². The molecule has 0 aliphatic carbocycles. The first kappa shape index (κ1) is 15.7. The fourth-order valence-corrected chi connectivity index (χ4v) is 1.88. The van der Waals surface area contributed by atoms with E-state index in [-0.39, 0.29) is 11.7 Å². The van der Waals surface area contributed by atoms with E-state index in [1.165, 1.54) is 25.5 Å². The van der Waals surface area contributed by atoms with E-state index >= 15 is 0 Å². The minimum absolute atomic E-state index is 0.164. The van der Waals surface area contributed by atoms with Crippen LogP contribution in [0.4, 0.5) is 4.39 Å². The molecule has 0 spiro atoms. The standard InChI is InChI=1S/C17H17FN2O2/c1-3-12-4-7-14(8-5-12)17(21)20-19-11-13-6-9-16(22-2)15(18)10-13/h4-11H,3H2,1-2H3,(H,20,21)/b19-11-. The summed E-state index contributed by atoms with van der Waals surface area (Å²) in [5.41, 5.74) is 4.62. The molecule has 22 heavy (non-hydrogen) atoms.